The lowest BCUT2D eigenvalue weighted by Gasteiger charge is -2.04. The second-order valence-electron chi connectivity index (χ2n) is 5.30. The molecule has 0 fully saturated rings. The summed E-state index contributed by atoms with van der Waals surface area (Å²) in [6.07, 6.45) is 1.90. The number of benzene rings is 1. The number of aromatic nitrogens is 4. The smallest absolute Gasteiger partial charge is 0.263 e. The Morgan fingerprint density at radius 1 is 1.23 bits per heavy atom. The first-order valence-electron chi connectivity index (χ1n) is 8.01. The number of amides is 1. The summed E-state index contributed by atoms with van der Waals surface area (Å²) >= 11 is 1.55. The third kappa shape index (κ3) is 4.57. The van der Waals surface area contributed by atoms with Gasteiger partial charge in [0.15, 0.2) is 0 Å². The summed E-state index contributed by atoms with van der Waals surface area (Å²) in [7, 11) is 0. The summed E-state index contributed by atoms with van der Waals surface area (Å²) in [5, 5.41) is 10.2. The van der Waals surface area contributed by atoms with Gasteiger partial charge in [-0.1, -0.05) is 25.1 Å². The van der Waals surface area contributed by atoms with Crippen molar-refractivity contribution in [2.24, 2.45) is 0 Å². The summed E-state index contributed by atoms with van der Waals surface area (Å²) < 4.78 is 5.30. The van der Waals surface area contributed by atoms with Crippen LogP contribution in [0.4, 0.5) is 0 Å². The van der Waals surface area contributed by atoms with Crippen molar-refractivity contribution in [1.82, 2.24) is 25.5 Å². The quantitative estimate of drug-likeness (QED) is 0.610. The van der Waals surface area contributed by atoms with Crippen LogP contribution >= 0.6 is 11.8 Å². The molecule has 3 rings (SSSR count). The Kier molecular flexibility index (Phi) is 5.80. The SMILES string of the molecule is CCc1nnc(CNC(=O)c2cnc(CSc3ccccc3)[nH]c2=O)o1. The summed E-state index contributed by atoms with van der Waals surface area (Å²) in [5.41, 5.74) is -0.547. The van der Waals surface area contributed by atoms with Gasteiger partial charge in [0.05, 0.1) is 12.3 Å². The molecule has 0 spiro atoms. The van der Waals surface area contributed by atoms with Gasteiger partial charge in [0, 0.05) is 17.5 Å². The van der Waals surface area contributed by atoms with E-state index in [9.17, 15) is 9.59 Å². The summed E-state index contributed by atoms with van der Waals surface area (Å²) in [6, 6.07) is 9.78. The van der Waals surface area contributed by atoms with Crippen molar-refractivity contribution in [2.75, 3.05) is 0 Å². The fourth-order valence-electron chi connectivity index (χ4n) is 2.09. The topological polar surface area (TPSA) is 114 Å². The molecule has 0 saturated heterocycles. The Balaban J connectivity index is 1.59. The highest BCUT2D eigenvalue weighted by Crippen LogP contribution is 2.19. The first-order valence-corrected chi connectivity index (χ1v) is 8.99. The van der Waals surface area contributed by atoms with Crippen molar-refractivity contribution in [3.8, 4) is 0 Å². The maximum absolute atomic E-state index is 12.1. The predicted octanol–water partition coefficient (Wildman–Crippen LogP) is 1.94. The Morgan fingerprint density at radius 3 is 2.69 bits per heavy atom. The second-order valence-corrected chi connectivity index (χ2v) is 6.35. The van der Waals surface area contributed by atoms with E-state index in [1.54, 1.807) is 11.8 Å². The van der Waals surface area contributed by atoms with E-state index in [1.165, 1.54) is 6.20 Å². The van der Waals surface area contributed by atoms with Gasteiger partial charge in [-0.25, -0.2) is 4.98 Å². The molecule has 0 aliphatic heterocycles. The van der Waals surface area contributed by atoms with Gasteiger partial charge < -0.3 is 14.7 Å². The fourth-order valence-corrected chi connectivity index (χ4v) is 2.89. The lowest BCUT2D eigenvalue weighted by atomic mass is 10.3. The van der Waals surface area contributed by atoms with Crippen LogP contribution < -0.4 is 10.9 Å². The lowest BCUT2D eigenvalue weighted by Crippen LogP contribution is -2.30. The third-order valence-corrected chi connectivity index (χ3v) is 4.45. The first-order chi connectivity index (χ1) is 12.7. The first kappa shape index (κ1) is 17.9. The molecule has 2 aromatic heterocycles. The molecule has 9 heteroatoms. The molecule has 1 aromatic carbocycles. The van der Waals surface area contributed by atoms with Crippen LogP contribution in [0.15, 0.2) is 50.6 Å². The highest BCUT2D eigenvalue weighted by atomic mass is 32.2. The maximum atomic E-state index is 12.1. The van der Waals surface area contributed by atoms with Crippen molar-refractivity contribution < 1.29 is 9.21 Å². The zero-order valence-corrected chi connectivity index (χ0v) is 14.9. The van der Waals surface area contributed by atoms with E-state index in [0.29, 0.717) is 23.9 Å². The molecule has 0 unspecified atom stereocenters. The fraction of sp³-hybridized carbons (Fsp3) is 0.235. The Hall–Kier alpha value is -2.94. The Bertz CT molecular complexity index is 939. The lowest BCUT2D eigenvalue weighted by molar-refractivity contribution is 0.0945. The van der Waals surface area contributed by atoms with E-state index in [2.05, 4.69) is 25.5 Å². The van der Waals surface area contributed by atoms with E-state index in [1.807, 2.05) is 37.3 Å². The van der Waals surface area contributed by atoms with Crippen molar-refractivity contribution in [3.05, 3.63) is 70.1 Å². The molecular formula is C17H17N5O3S. The molecule has 0 bridgehead atoms. The van der Waals surface area contributed by atoms with Crippen LogP contribution in [0, 0.1) is 0 Å². The van der Waals surface area contributed by atoms with Crippen molar-refractivity contribution in [2.45, 2.75) is 30.5 Å². The minimum absolute atomic E-state index is 0.0525. The number of hydrogen-bond donors (Lipinski definition) is 2. The largest absolute Gasteiger partial charge is 0.423 e. The van der Waals surface area contributed by atoms with Crippen molar-refractivity contribution >= 4 is 17.7 Å². The molecule has 8 nitrogen and oxygen atoms in total. The van der Waals surface area contributed by atoms with Gasteiger partial charge in [-0.15, -0.1) is 22.0 Å². The number of nitrogens with zero attached hydrogens (tertiary/aromatic N) is 3. The molecule has 0 radical (unpaired) electrons. The van der Waals surface area contributed by atoms with Crippen molar-refractivity contribution in [1.29, 1.82) is 0 Å². The standard InChI is InChI=1S/C17H17N5O3S/c1-2-14-21-22-15(25-14)9-19-16(23)12-8-18-13(20-17(12)24)10-26-11-6-4-3-5-7-11/h3-8H,2,9-10H2,1H3,(H,19,23)(H,18,20,24). The Morgan fingerprint density at radius 2 is 2.00 bits per heavy atom. The number of thioether (sulfide) groups is 1. The molecular weight excluding hydrogens is 354 g/mol. The molecule has 0 saturated carbocycles. The molecule has 2 N–H and O–H groups in total. The summed E-state index contributed by atoms with van der Waals surface area (Å²) in [6.45, 7) is 1.94. The van der Waals surface area contributed by atoms with Crippen LogP contribution in [0.3, 0.4) is 0 Å². The number of rotatable bonds is 7. The number of hydrogen-bond acceptors (Lipinski definition) is 7. The van der Waals surface area contributed by atoms with Crippen LogP contribution in [-0.2, 0) is 18.7 Å². The van der Waals surface area contributed by atoms with Gasteiger partial charge in [0.1, 0.15) is 11.4 Å². The van der Waals surface area contributed by atoms with Crippen LogP contribution in [0.25, 0.3) is 0 Å². The van der Waals surface area contributed by atoms with Gasteiger partial charge in [-0.2, -0.15) is 0 Å². The number of carbonyl (C=O) groups is 1. The third-order valence-electron chi connectivity index (χ3n) is 3.43. The average Bonchev–Trinajstić information content (AvgIpc) is 3.13. The molecule has 0 aliphatic carbocycles. The maximum Gasteiger partial charge on any atom is 0.263 e. The van der Waals surface area contributed by atoms with Gasteiger partial charge >= 0.3 is 0 Å². The number of H-pyrrole nitrogens is 1. The van der Waals surface area contributed by atoms with Crippen LogP contribution in [0.1, 0.15) is 34.9 Å². The molecule has 26 heavy (non-hydrogen) atoms. The van der Waals surface area contributed by atoms with Gasteiger partial charge in [0.25, 0.3) is 11.5 Å². The van der Waals surface area contributed by atoms with E-state index < -0.39 is 11.5 Å². The minimum Gasteiger partial charge on any atom is -0.423 e. The van der Waals surface area contributed by atoms with Gasteiger partial charge in [-0.3, -0.25) is 9.59 Å². The minimum atomic E-state index is -0.544. The molecule has 1 amide bonds. The van der Waals surface area contributed by atoms with E-state index in [0.717, 1.165) is 4.90 Å². The zero-order chi connectivity index (χ0) is 18.4. The normalized spacial score (nSPS) is 10.7. The number of nitrogens with one attached hydrogen (secondary N) is 2. The van der Waals surface area contributed by atoms with Crippen molar-refractivity contribution in [3.63, 3.8) is 0 Å². The van der Waals surface area contributed by atoms with E-state index in [-0.39, 0.29) is 18.0 Å². The summed E-state index contributed by atoms with van der Waals surface area (Å²) in [5.74, 6) is 1.25. The molecule has 134 valence electrons. The zero-order valence-electron chi connectivity index (χ0n) is 14.1. The highest BCUT2D eigenvalue weighted by molar-refractivity contribution is 7.98. The van der Waals surface area contributed by atoms with Gasteiger partial charge in [-0.05, 0) is 12.1 Å². The second kappa shape index (κ2) is 8.43. The van der Waals surface area contributed by atoms with Gasteiger partial charge in [0.2, 0.25) is 11.8 Å². The van der Waals surface area contributed by atoms with E-state index >= 15 is 0 Å². The molecule has 0 aliphatic rings. The van der Waals surface area contributed by atoms with Crippen LogP contribution in [-0.4, -0.2) is 26.1 Å². The number of carbonyl (C=O) groups excluding carboxylic acids is 1. The van der Waals surface area contributed by atoms with Crippen LogP contribution in [0.5, 0.6) is 0 Å². The predicted molar refractivity (Wildman–Crippen MR) is 95.7 cm³/mol. The Labute approximate surface area is 153 Å². The molecule has 0 atom stereocenters. The van der Waals surface area contributed by atoms with Crippen LogP contribution in [0.2, 0.25) is 0 Å². The number of aryl methyl sites for hydroxylation is 1. The monoisotopic (exact) mass is 371 g/mol. The molecule has 3 aromatic rings. The molecule has 2 heterocycles. The highest BCUT2D eigenvalue weighted by Gasteiger charge is 2.13. The number of aromatic amines is 1. The average molecular weight is 371 g/mol. The van der Waals surface area contributed by atoms with E-state index in [4.69, 9.17) is 4.42 Å². The summed E-state index contributed by atoms with van der Waals surface area (Å²) in [4.78, 5) is 32.1.